The van der Waals surface area contributed by atoms with Crippen LogP contribution in [0.5, 0.6) is 0 Å². The predicted molar refractivity (Wildman–Crippen MR) is 297 cm³/mol. The third kappa shape index (κ3) is 55.9. The maximum absolute atomic E-state index is 12.9. The molecule has 0 aromatic rings. The molecule has 0 aromatic heterocycles. The normalized spacial score (nSPS) is 12.7. The molecule has 0 fully saturated rings. The minimum absolute atomic E-state index is 0.0718. The van der Waals surface area contributed by atoms with E-state index in [1.807, 2.05) is 0 Å². The Kier molecular flexibility index (Phi) is 56.4. The van der Waals surface area contributed by atoms with Crippen LogP contribution in [0.15, 0.2) is 72.9 Å². The average Bonchev–Trinajstić information content (AvgIpc) is 3.34. The van der Waals surface area contributed by atoms with Gasteiger partial charge in [-0.2, -0.15) is 0 Å². The SMILES string of the molecule is CCCCC/C=C\C/C=C\C/C=C\CCCCCCCCC(=O)OCC(COCCCCCCCCCC/C=C\C/C=C\CCCCC)OC(=O)CCCCCCC/C=C\CCCCCCCC. The molecule has 0 saturated carbocycles. The molecule has 0 spiro atoms. The van der Waals surface area contributed by atoms with Crippen LogP contribution in [0.4, 0.5) is 0 Å². The van der Waals surface area contributed by atoms with Crippen molar-refractivity contribution in [2.24, 2.45) is 0 Å². The summed E-state index contributed by atoms with van der Waals surface area (Å²) in [5.41, 5.74) is 0. The van der Waals surface area contributed by atoms with Crippen molar-refractivity contribution in [1.29, 1.82) is 0 Å². The Morgan fingerprint density at radius 3 is 1.03 bits per heavy atom. The molecule has 5 heteroatoms. The second kappa shape index (κ2) is 58.7. The predicted octanol–water partition coefficient (Wildman–Crippen LogP) is 20.2. The minimum Gasteiger partial charge on any atom is -0.462 e. The molecule has 0 bridgehead atoms. The second-order valence-electron chi connectivity index (χ2n) is 19.5. The summed E-state index contributed by atoms with van der Waals surface area (Å²) in [5, 5.41) is 0. The quantitative estimate of drug-likeness (QED) is 0.0345. The summed E-state index contributed by atoms with van der Waals surface area (Å²) in [7, 11) is 0. The Balaban J connectivity index is 4.31. The summed E-state index contributed by atoms with van der Waals surface area (Å²) in [6.07, 6.45) is 76.3. The van der Waals surface area contributed by atoms with Crippen LogP contribution in [0.25, 0.3) is 0 Å². The van der Waals surface area contributed by atoms with Crippen molar-refractivity contribution in [2.45, 2.75) is 297 Å². The van der Waals surface area contributed by atoms with Gasteiger partial charge >= 0.3 is 11.9 Å². The number of ether oxygens (including phenoxy) is 3. The fourth-order valence-corrected chi connectivity index (χ4v) is 8.25. The lowest BCUT2D eigenvalue weighted by Gasteiger charge is -2.18. The molecule has 1 unspecified atom stereocenters. The van der Waals surface area contributed by atoms with Gasteiger partial charge in [-0.05, 0) is 116 Å². The van der Waals surface area contributed by atoms with Crippen molar-refractivity contribution in [3.05, 3.63) is 72.9 Å². The Hall–Kier alpha value is -2.66. The molecular formula is C63H112O5. The van der Waals surface area contributed by atoms with Gasteiger partial charge in [0.25, 0.3) is 0 Å². The zero-order valence-corrected chi connectivity index (χ0v) is 45.4. The van der Waals surface area contributed by atoms with Crippen molar-refractivity contribution in [2.75, 3.05) is 19.8 Å². The molecule has 394 valence electrons. The fraction of sp³-hybridized carbons (Fsp3) is 0.778. The molecule has 0 aliphatic heterocycles. The van der Waals surface area contributed by atoms with E-state index in [0.717, 1.165) is 83.5 Å². The molecule has 68 heavy (non-hydrogen) atoms. The van der Waals surface area contributed by atoms with Crippen LogP contribution in [-0.4, -0.2) is 37.9 Å². The van der Waals surface area contributed by atoms with Crippen LogP contribution in [0.2, 0.25) is 0 Å². The standard InChI is InChI=1S/C63H112O5/c1-4-7-10-13-16-19-22-25-28-30-32-33-36-38-41-44-47-50-53-56-62(64)67-60-61(68-63(65)57-54-51-48-45-42-39-35-27-24-21-18-15-12-9-6-3)59-66-58-55-52-49-46-43-40-37-34-31-29-26-23-20-17-14-11-8-5-2/h16-17,19-20,25-29,32-33,35,61H,4-15,18,21-24,30-31,34,36-60H2,1-3H3/b19-16-,20-17-,28-25-,29-26-,33-32-,35-27-. The number of hydrogen-bond donors (Lipinski definition) is 0. The van der Waals surface area contributed by atoms with E-state index < -0.39 is 6.10 Å². The van der Waals surface area contributed by atoms with Gasteiger partial charge in [0.1, 0.15) is 6.61 Å². The highest BCUT2D eigenvalue weighted by molar-refractivity contribution is 5.70. The van der Waals surface area contributed by atoms with Gasteiger partial charge in [-0.25, -0.2) is 0 Å². The van der Waals surface area contributed by atoms with Crippen molar-refractivity contribution in [3.63, 3.8) is 0 Å². The minimum atomic E-state index is -0.552. The van der Waals surface area contributed by atoms with E-state index in [9.17, 15) is 9.59 Å². The lowest BCUT2D eigenvalue weighted by molar-refractivity contribution is -0.163. The van der Waals surface area contributed by atoms with Gasteiger partial charge in [0, 0.05) is 19.4 Å². The molecule has 1 atom stereocenters. The first kappa shape index (κ1) is 65.3. The van der Waals surface area contributed by atoms with Crippen molar-refractivity contribution >= 4 is 11.9 Å². The monoisotopic (exact) mass is 949 g/mol. The highest BCUT2D eigenvalue weighted by Crippen LogP contribution is 2.14. The van der Waals surface area contributed by atoms with Crippen molar-refractivity contribution in [3.8, 4) is 0 Å². The first-order valence-corrected chi connectivity index (χ1v) is 29.5. The maximum Gasteiger partial charge on any atom is 0.306 e. The number of hydrogen-bond acceptors (Lipinski definition) is 5. The zero-order valence-electron chi connectivity index (χ0n) is 45.4. The molecule has 0 aromatic carbocycles. The van der Waals surface area contributed by atoms with Crippen LogP contribution >= 0.6 is 0 Å². The molecule has 0 aliphatic carbocycles. The van der Waals surface area contributed by atoms with Gasteiger partial charge in [0.05, 0.1) is 6.61 Å². The maximum atomic E-state index is 12.9. The Morgan fingerprint density at radius 2 is 0.618 bits per heavy atom. The highest BCUT2D eigenvalue weighted by atomic mass is 16.6. The first-order valence-electron chi connectivity index (χ1n) is 29.5. The molecule has 0 aliphatic rings. The molecule has 0 amide bonds. The van der Waals surface area contributed by atoms with Crippen LogP contribution in [0.1, 0.15) is 290 Å². The molecule has 0 rings (SSSR count). The van der Waals surface area contributed by atoms with E-state index in [1.54, 1.807) is 0 Å². The third-order valence-corrected chi connectivity index (χ3v) is 12.7. The topological polar surface area (TPSA) is 61.8 Å². The number of allylic oxidation sites excluding steroid dienone is 12. The van der Waals surface area contributed by atoms with Gasteiger partial charge in [0.2, 0.25) is 0 Å². The van der Waals surface area contributed by atoms with Crippen LogP contribution in [0, 0.1) is 0 Å². The molecule has 5 nitrogen and oxygen atoms in total. The fourth-order valence-electron chi connectivity index (χ4n) is 8.25. The van der Waals surface area contributed by atoms with Gasteiger partial charge in [-0.15, -0.1) is 0 Å². The summed E-state index contributed by atoms with van der Waals surface area (Å²) >= 11 is 0. The summed E-state index contributed by atoms with van der Waals surface area (Å²) in [6, 6.07) is 0. The van der Waals surface area contributed by atoms with Gasteiger partial charge < -0.3 is 14.2 Å². The number of esters is 2. The first-order chi connectivity index (χ1) is 33.6. The van der Waals surface area contributed by atoms with Gasteiger partial charge in [-0.1, -0.05) is 235 Å². The van der Waals surface area contributed by atoms with E-state index in [0.29, 0.717) is 19.4 Å². The molecule has 0 N–H and O–H groups in total. The van der Waals surface area contributed by atoms with E-state index in [1.165, 1.54) is 173 Å². The van der Waals surface area contributed by atoms with E-state index in [4.69, 9.17) is 14.2 Å². The summed E-state index contributed by atoms with van der Waals surface area (Å²) < 4.78 is 17.5. The third-order valence-electron chi connectivity index (χ3n) is 12.7. The second-order valence-corrected chi connectivity index (χ2v) is 19.5. The largest absolute Gasteiger partial charge is 0.462 e. The van der Waals surface area contributed by atoms with Crippen LogP contribution in [0.3, 0.4) is 0 Å². The molecule has 0 heterocycles. The van der Waals surface area contributed by atoms with Crippen LogP contribution in [-0.2, 0) is 23.8 Å². The number of rotatable bonds is 54. The Bertz CT molecular complexity index is 1210. The summed E-state index contributed by atoms with van der Waals surface area (Å²) in [5.74, 6) is -0.416. The highest BCUT2D eigenvalue weighted by Gasteiger charge is 2.17. The number of unbranched alkanes of at least 4 members (excludes halogenated alkanes) is 31. The average molecular weight is 950 g/mol. The van der Waals surface area contributed by atoms with Crippen LogP contribution < -0.4 is 0 Å². The lowest BCUT2D eigenvalue weighted by atomic mass is 10.1. The number of carbonyl (C=O) groups is 2. The van der Waals surface area contributed by atoms with E-state index in [-0.39, 0.29) is 25.2 Å². The number of carbonyl (C=O) groups excluding carboxylic acids is 2. The van der Waals surface area contributed by atoms with E-state index in [2.05, 4.69) is 93.7 Å². The molecule has 0 saturated heterocycles. The summed E-state index contributed by atoms with van der Waals surface area (Å²) in [6.45, 7) is 7.77. The Morgan fingerprint density at radius 1 is 0.324 bits per heavy atom. The van der Waals surface area contributed by atoms with Gasteiger partial charge in [-0.3, -0.25) is 9.59 Å². The van der Waals surface area contributed by atoms with Gasteiger partial charge in [0.15, 0.2) is 6.10 Å². The summed E-state index contributed by atoms with van der Waals surface area (Å²) in [4.78, 5) is 25.5. The smallest absolute Gasteiger partial charge is 0.306 e. The van der Waals surface area contributed by atoms with E-state index >= 15 is 0 Å². The molecule has 0 radical (unpaired) electrons. The molecular weight excluding hydrogens is 837 g/mol. The lowest BCUT2D eigenvalue weighted by Crippen LogP contribution is -2.30. The van der Waals surface area contributed by atoms with Crippen molar-refractivity contribution < 1.29 is 23.8 Å². The zero-order chi connectivity index (χ0) is 49.2. The Labute approximate surface area is 423 Å². The van der Waals surface area contributed by atoms with Crippen molar-refractivity contribution in [1.82, 2.24) is 0 Å².